The molecule has 3 aliphatic heterocycles. The van der Waals surface area contributed by atoms with Crippen molar-refractivity contribution >= 4 is 0 Å². The Morgan fingerprint density at radius 1 is 0.270 bits per heavy atom. The maximum atomic E-state index is 7.58. The summed E-state index contributed by atoms with van der Waals surface area (Å²) in [6.07, 6.45) is 3.13. The van der Waals surface area contributed by atoms with E-state index in [1.54, 1.807) is 0 Å². The number of aromatic nitrogens is 3. The molecule has 6 heterocycles. The lowest BCUT2D eigenvalue weighted by Crippen LogP contribution is -2.25. The smallest absolute Gasteiger partial charge is 0.130 e. The molecule has 9 aromatic rings. The number of rotatable bonds is 3. The van der Waals surface area contributed by atoms with Crippen LogP contribution < -0.4 is 28.4 Å². The zero-order valence-corrected chi connectivity index (χ0v) is 63.8. The zero-order chi connectivity index (χ0) is 71.6. The van der Waals surface area contributed by atoms with Crippen molar-refractivity contribution in [2.75, 3.05) is 21.3 Å². The van der Waals surface area contributed by atoms with E-state index in [-0.39, 0.29) is 52.3 Å². The number of benzene rings is 6. The van der Waals surface area contributed by atoms with Crippen LogP contribution in [-0.4, -0.2) is 41.2 Å². The summed E-state index contributed by atoms with van der Waals surface area (Å²) in [5, 5.41) is 0. The molecule has 524 valence electrons. The van der Waals surface area contributed by atoms with Crippen molar-refractivity contribution in [3.8, 4) is 34.5 Å². The van der Waals surface area contributed by atoms with Crippen LogP contribution in [0.25, 0.3) is 0 Å². The van der Waals surface area contributed by atoms with Gasteiger partial charge in [-0.25, -0.2) is 0 Å². The largest absolute Gasteiger partial charge is 0.496 e. The maximum absolute atomic E-state index is 7.58. The van der Waals surface area contributed by atoms with Crippen molar-refractivity contribution in [1.82, 2.24) is 19.9 Å². The van der Waals surface area contributed by atoms with Crippen molar-refractivity contribution in [3.63, 3.8) is 0 Å². The molecule has 0 saturated carbocycles. The molecule has 0 atom stereocenters. The van der Waals surface area contributed by atoms with E-state index in [9.17, 15) is 0 Å². The summed E-state index contributed by atoms with van der Waals surface area (Å²) in [6, 6.07) is 47.7. The Bertz CT molecular complexity index is 3950. The van der Waals surface area contributed by atoms with Gasteiger partial charge in [-0.2, -0.15) is 0 Å². The van der Waals surface area contributed by atoms with E-state index in [1.807, 2.05) is 21.3 Å². The molecule has 0 unspecified atom stereocenters. The van der Waals surface area contributed by atoms with E-state index < -0.39 is 0 Å². The molecule has 16 bridgehead atoms. The van der Waals surface area contributed by atoms with Gasteiger partial charge in [0.25, 0.3) is 0 Å². The van der Waals surface area contributed by atoms with E-state index in [0.717, 1.165) is 135 Å². The van der Waals surface area contributed by atoms with E-state index in [1.165, 1.54) is 33.4 Å². The molecule has 6 aromatic carbocycles. The minimum atomic E-state index is -0.245. The van der Waals surface area contributed by atoms with Gasteiger partial charge in [0.15, 0.2) is 0 Å². The molecule has 12 rings (SSSR count). The number of pyridine rings is 3. The number of methoxy groups -OCH3 is 3. The summed E-state index contributed by atoms with van der Waals surface area (Å²) in [6.45, 7) is 44.0. The summed E-state index contributed by atoms with van der Waals surface area (Å²) in [5.74, 6) is 5.02. The van der Waals surface area contributed by atoms with Crippen LogP contribution in [0, 0.1) is 0 Å². The highest BCUT2D eigenvalue weighted by Gasteiger charge is 2.32. The van der Waals surface area contributed by atoms with Gasteiger partial charge in [-0.3, -0.25) is 19.9 Å². The second-order valence-electron chi connectivity index (χ2n) is 34.8. The fraction of sp³-hybridized carbons (Fsp3) is 0.433. The first-order chi connectivity index (χ1) is 47.1. The third-order valence-electron chi connectivity index (χ3n) is 20.4. The van der Waals surface area contributed by atoms with Crippen molar-refractivity contribution in [2.45, 2.75) is 235 Å². The second kappa shape index (κ2) is 27.5. The van der Waals surface area contributed by atoms with Gasteiger partial charge in [0, 0.05) is 58.2 Å². The predicted molar refractivity (Wildman–Crippen MR) is 406 cm³/mol. The van der Waals surface area contributed by atoms with Gasteiger partial charge < -0.3 is 28.4 Å². The average Bonchev–Trinajstić information content (AvgIpc) is 0.773. The molecule has 0 spiro atoms. The summed E-state index contributed by atoms with van der Waals surface area (Å²) >= 11 is 0. The van der Waals surface area contributed by atoms with Crippen LogP contribution in [0.3, 0.4) is 0 Å². The highest BCUT2D eigenvalue weighted by atomic mass is 16.5. The average molecular weight is 1340 g/mol. The van der Waals surface area contributed by atoms with Crippen LogP contribution in [0.2, 0.25) is 0 Å². The minimum absolute atomic E-state index is 0.237. The first-order valence-electron chi connectivity index (χ1n) is 36.1. The number of hydrogen-bond donors (Lipinski definition) is 0. The third-order valence-corrected chi connectivity index (χ3v) is 20.4. The Hall–Kier alpha value is -8.47. The van der Waals surface area contributed by atoms with E-state index >= 15 is 0 Å². The van der Waals surface area contributed by atoms with Crippen LogP contribution >= 0.6 is 0 Å². The summed E-state index contributed by atoms with van der Waals surface area (Å²) in [5.41, 5.74) is 23.9. The first-order valence-corrected chi connectivity index (χ1v) is 36.1. The van der Waals surface area contributed by atoms with Gasteiger partial charge in [0.2, 0.25) is 0 Å². The van der Waals surface area contributed by atoms with Gasteiger partial charge in [-0.05, 0) is 169 Å². The normalized spacial score (nSPS) is 15.0. The molecule has 10 heteroatoms. The molecular formula is C90H108N4O6. The van der Waals surface area contributed by atoms with Gasteiger partial charge in [-0.15, -0.1) is 0 Å². The lowest BCUT2D eigenvalue weighted by molar-refractivity contribution is 0.235. The van der Waals surface area contributed by atoms with Gasteiger partial charge in [0.05, 0.1) is 55.5 Å². The molecule has 10 nitrogen and oxygen atoms in total. The fourth-order valence-electron chi connectivity index (χ4n) is 14.7. The Labute approximate surface area is 597 Å². The Kier molecular flexibility index (Phi) is 19.6. The molecule has 0 radical (unpaired) electrons. The SMILES string of the molecule is COc1c2cc(C(C)(C)C)cc1Cc1cc(C(C)(C)C)cc3c1OCc1cccc(n1)CN1Cc4cccc(n4)COc4c(cc(C(C)(C)C)cc4Cc4cc(C(C)(C)C)cc(c4OC)Cc4cc(C(C)(C)C)cc(c4OCc4cccc(n4)C1)Cc1cc(C(C)(C)C)cc(c1OC)C3)C2. The molecule has 0 aliphatic carbocycles. The van der Waals surface area contributed by atoms with Crippen molar-refractivity contribution in [1.29, 1.82) is 0 Å². The summed E-state index contributed by atoms with van der Waals surface area (Å²) in [7, 11) is 5.52. The summed E-state index contributed by atoms with van der Waals surface area (Å²) in [4.78, 5) is 18.8. The van der Waals surface area contributed by atoms with Gasteiger partial charge in [0.1, 0.15) is 54.3 Å². The zero-order valence-electron chi connectivity index (χ0n) is 63.8. The third kappa shape index (κ3) is 15.8. The second-order valence-corrected chi connectivity index (χ2v) is 34.8. The Morgan fingerprint density at radius 3 is 0.630 bits per heavy atom. The van der Waals surface area contributed by atoms with Crippen molar-refractivity contribution in [2.24, 2.45) is 0 Å². The van der Waals surface area contributed by atoms with E-state index in [2.05, 4.69) is 257 Å². The Balaban J connectivity index is 1.26. The lowest BCUT2D eigenvalue weighted by atomic mass is 9.79. The molecule has 0 N–H and O–H groups in total. The fourth-order valence-corrected chi connectivity index (χ4v) is 14.7. The molecular weight excluding hydrogens is 1230 g/mol. The van der Waals surface area contributed by atoms with Crippen LogP contribution in [0.5, 0.6) is 34.5 Å². The van der Waals surface area contributed by atoms with E-state index in [4.69, 9.17) is 43.4 Å². The lowest BCUT2D eigenvalue weighted by Gasteiger charge is -2.29. The molecule has 3 aromatic heterocycles. The monoisotopic (exact) mass is 1340 g/mol. The molecule has 3 aliphatic rings. The highest BCUT2D eigenvalue weighted by Crippen LogP contribution is 2.47. The van der Waals surface area contributed by atoms with Gasteiger partial charge >= 0.3 is 0 Å². The quantitative estimate of drug-likeness (QED) is 0.170. The molecule has 0 amide bonds. The Morgan fingerprint density at radius 2 is 0.450 bits per heavy atom. The maximum Gasteiger partial charge on any atom is 0.130 e. The van der Waals surface area contributed by atoms with Crippen LogP contribution in [0.1, 0.15) is 259 Å². The topological polar surface area (TPSA) is 97.3 Å². The first kappa shape index (κ1) is 71.4. The van der Waals surface area contributed by atoms with Crippen LogP contribution in [0.4, 0.5) is 0 Å². The number of fused-ring (bicyclic) bond motifs is 9. The minimum Gasteiger partial charge on any atom is -0.496 e. The molecule has 0 saturated heterocycles. The number of ether oxygens (including phenoxy) is 6. The van der Waals surface area contributed by atoms with E-state index in [0.29, 0.717) is 58.2 Å². The molecule has 0 fully saturated rings. The highest BCUT2D eigenvalue weighted by molar-refractivity contribution is 5.62. The van der Waals surface area contributed by atoms with Crippen LogP contribution in [-0.2, 0) is 110 Å². The number of nitrogens with zero attached hydrogens (tertiary/aromatic N) is 4. The predicted octanol–water partition coefficient (Wildman–Crippen LogP) is 20.1. The molecule has 100 heavy (non-hydrogen) atoms. The standard InChI is InChI=1S/C90H108N4O6/c1-85(2,3)67-37-55-31-61-43-70(88(10,11)12)45-63-33-57-39-68(86(4,5)6)41-59(80(57)96-20)35-65-47-72(90(16,17)18)48-66-36-60-42-69(87(7,8)9)40-58(81(60)97-21)34-64-46-71(89(13,14)15)44-62(32-56(38-67)79(55)95-19)83(64)99-53-77-29-23-26-74(92-77)50-94(49-73-25-22-28-76(91-73)52-98-82(61)63)51-75-27-24-30-78(93-75)54-100-84(65)66/h22-30,37-48H,31-36,49-54H2,1-21H3. The number of hydrogen-bond acceptors (Lipinski definition) is 10. The van der Waals surface area contributed by atoms with Crippen LogP contribution in [0.15, 0.2) is 127 Å². The van der Waals surface area contributed by atoms with Crippen molar-refractivity contribution < 1.29 is 28.4 Å². The summed E-state index contributed by atoms with van der Waals surface area (Å²) < 4.78 is 43.4. The van der Waals surface area contributed by atoms with Gasteiger partial charge in [-0.1, -0.05) is 216 Å². The van der Waals surface area contributed by atoms with Crippen molar-refractivity contribution in [3.05, 3.63) is 262 Å².